The predicted octanol–water partition coefficient (Wildman–Crippen LogP) is 1.95. The predicted molar refractivity (Wildman–Crippen MR) is 90.2 cm³/mol. The van der Waals surface area contributed by atoms with Crippen LogP contribution in [0.5, 0.6) is 11.5 Å². The molecule has 0 spiro atoms. The molecule has 0 radical (unpaired) electrons. The van der Waals surface area contributed by atoms with Gasteiger partial charge in [0.05, 0.1) is 14.2 Å². The van der Waals surface area contributed by atoms with E-state index in [0.717, 1.165) is 16.2 Å². The van der Waals surface area contributed by atoms with Gasteiger partial charge in [0, 0.05) is 11.3 Å². The number of amides is 1. The highest BCUT2D eigenvalue weighted by molar-refractivity contribution is 5.91. The normalized spacial score (nSPS) is 11.9. The number of alkyl halides is 2. The number of carbonyl (C=O) groups excluding carboxylic acids is 1. The van der Waals surface area contributed by atoms with Gasteiger partial charge >= 0.3 is 6.61 Å². The summed E-state index contributed by atoms with van der Waals surface area (Å²) in [6, 6.07) is 13.5. The van der Waals surface area contributed by atoms with Gasteiger partial charge in [0.2, 0.25) is 0 Å². The topological polar surface area (TPSA) is 52.0 Å². The first-order chi connectivity index (χ1) is 12.0. The van der Waals surface area contributed by atoms with Crippen molar-refractivity contribution in [2.24, 2.45) is 0 Å². The molecule has 2 aromatic carbocycles. The van der Waals surface area contributed by atoms with Gasteiger partial charge in [-0.05, 0) is 36.4 Å². The van der Waals surface area contributed by atoms with Gasteiger partial charge in [-0.1, -0.05) is 12.1 Å². The van der Waals surface area contributed by atoms with Gasteiger partial charge in [0.1, 0.15) is 18.0 Å². The lowest BCUT2D eigenvalue weighted by Gasteiger charge is -2.14. The fraction of sp³-hybridized carbons (Fsp3) is 0.278. The van der Waals surface area contributed by atoms with Crippen LogP contribution in [-0.2, 0) is 11.3 Å². The maximum atomic E-state index is 12.1. The van der Waals surface area contributed by atoms with Gasteiger partial charge in [-0.3, -0.25) is 4.79 Å². The van der Waals surface area contributed by atoms with E-state index in [1.165, 1.54) is 24.3 Å². The number of hydrogen-bond acceptors (Lipinski definition) is 3. The third-order valence-electron chi connectivity index (χ3n) is 3.47. The molecule has 2 aromatic rings. The molecule has 0 bridgehead atoms. The Kier molecular flexibility index (Phi) is 6.71. The van der Waals surface area contributed by atoms with E-state index >= 15 is 0 Å². The summed E-state index contributed by atoms with van der Waals surface area (Å²) in [6.07, 6.45) is 0. The summed E-state index contributed by atoms with van der Waals surface area (Å²) in [4.78, 5) is 13.1. The largest absolute Gasteiger partial charge is 0.497 e. The molecule has 0 saturated carbocycles. The van der Waals surface area contributed by atoms with Gasteiger partial charge in [-0.25, -0.2) is 0 Å². The van der Waals surface area contributed by atoms with Gasteiger partial charge < -0.3 is 19.7 Å². The second-order valence-electron chi connectivity index (χ2n) is 5.61. The Bertz CT molecular complexity index is 693. The molecular weight excluding hydrogens is 330 g/mol. The van der Waals surface area contributed by atoms with Gasteiger partial charge in [0.25, 0.3) is 5.91 Å². The van der Waals surface area contributed by atoms with E-state index in [0.29, 0.717) is 12.2 Å². The molecule has 25 heavy (non-hydrogen) atoms. The van der Waals surface area contributed by atoms with Crippen LogP contribution < -0.4 is 19.7 Å². The number of quaternary nitrogens is 1. The molecule has 1 amide bonds. The zero-order valence-corrected chi connectivity index (χ0v) is 14.1. The molecule has 0 saturated heterocycles. The number of anilines is 1. The highest BCUT2D eigenvalue weighted by Crippen LogP contribution is 2.17. The van der Waals surface area contributed by atoms with E-state index in [4.69, 9.17) is 4.74 Å². The maximum absolute atomic E-state index is 12.1. The van der Waals surface area contributed by atoms with Crippen molar-refractivity contribution in [2.75, 3.05) is 26.0 Å². The van der Waals surface area contributed by atoms with Crippen LogP contribution in [0.15, 0.2) is 48.5 Å². The molecule has 0 aliphatic carbocycles. The number of ether oxygens (including phenoxy) is 2. The van der Waals surface area contributed by atoms with Crippen molar-refractivity contribution < 1.29 is 27.9 Å². The Balaban J connectivity index is 1.84. The monoisotopic (exact) mass is 351 g/mol. The summed E-state index contributed by atoms with van der Waals surface area (Å²) in [6.45, 7) is -1.92. The average Bonchev–Trinajstić information content (AvgIpc) is 2.56. The highest BCUT2D eigenvalue weighted by atomic mass is 19.3. The van der Waals surface area contributed by atoms with Gasteiger partial charge in [-0.15, -0.1) is 0 Å². The van der Waals surface area contributed by atoms with Crippen LogP contribution >= 0.6 is 0 Å². The molecule has 1 unspecified atom stereocenters. The summed E-state index contributed by atoms with van der Waals surface area (Å²) >= 11 is 0. The van der Waals surface area contributed by atoms with Crippen molar-refractivity contribution in [3.8, 4) is 11.5 Å². The number of halogens is 2. The minimum Gasteiger partial charge on any atom is -0.497 e. The molecule has 0 aliphatic rings. The third-order valence-corrected chi connectivity index (χ3v) is 3.47. The lowest BCUT2D eigenvalue weighted by Crippen LogP contribution is -3.08. The molecule has 0 fully saturated rings. The minimum absolute atomic E-state index is 0.0498. The van der Waals surface area contributed by atoms with Crippen molar-refractivity contribution in [1.29, 1.82) is 0 Å². The first-order valence-electron chi connectivity index (χ1n) is 7.75. The van der Waals surface area contributed by atoms with Crippen LogP contribution in [0, 0.1) is 0 Å². The van der Waals surface area contributed by atoms with Crippen molar-refractivity contribution in [3.05, 3.63) is 54.1 Å². The molecule has 2 N–H and O–H groups in total. The third kappa shape index (κ3) is 6.39. The molecular formula is C18H21F2N2O3+. The first kappa shape index (κ1) is 18.7. The van der Waals surface area contributed by atoms with Crippen LogP contribution in [0.25, 0.3) is 0 Å². The van der Waals surface area contributed by atoms with E-state index < -0.39 is 6.61 Å². The fourth-order valence-electron chi connectivity index (χ4n) is 2.39. The summed E-state index contributed by atoms with van der Waals surface area (Å²) in [5.41, 5.74) is 1.60. The van der Waals surface area contributed by atoms with Crippen LogP contribution in [0.3, 0.4) is 0 Å². The second-order valence-corrected chi connectivity index (χ2v) is 5.61. The number of nitrogens with one attached hydrogen (secondary N) is 2. The minimum atomic E-state index is -2.87. The summed E-state index contributed by atoms with van der Waals surface area (Å²) in [7, 11) is 3.53. The Morgan fingerprint density at radius 1 is 1.16 bits per heavy atom. The Hall–Kier alpha value is -2.67. The molecule has 0 aliphatic heterocycles. The lowest BCUT2D eigenvalue weighted by atomic mass is 10.2. The standard InChI is InChI=1S/C18H20F2N2O3/c1-22(11-13-4-3-5-16(10-13)24-2)12-17(23)21-14-6-8-15(9-7-14)25-18(19)20/h3-10,18H,11-12H2,1-2H3,(H,21,23)/p+1. The van der Waals surface area contributed by atoms with E-state index in [9.17, 15) is 13.6 Å². The van der Waals surface area contributed by atoms with Crippen LogP contribution in [0.1, 0.15) is 5.56 Å². The smallest absolute Gasteiger partial charge is 0.387 e. The molecule has 134 valence electrons. The van der Waals surface area contributed by atoms with E-state index in [1.54, 1.807) is 7.11 Å². The van der Waals surface area contributed by atoms with Crippen molar-refractivity contribution >= 4 is 11.6 Å². The zero-order valence-electron chi connectivity index (χ0n) is 14.1. The molecule has 0 aromatic heterocycles. The van der Waals surface area contributed by atoms with E-state index in [-0.39, 0.29) is 18.2 Å². The number of rotatable bonds is 8. The summed E-state index contributed by atoms with van der Waals surface area (Å²) in [5, 5.41) is 2.73. The van der Waals surface area contributed by atoms with Crippen molar-refractivity contribution in [2.45, 2.75) is 13.2 Å². The maximum Gasteiger partial charge on any atom is 0.387 e. The van der Waals surface area contributed by atoms with Crippen molar-refractivity contribution in [3.63, 3.8) is 0 Å². The Morgan fingerprint density at radius 3 is 2.52 bits per heavy atom. The molecule has 5 nitrogen and oxygen atoms in total. The average molecular weight is 351 g/mol. The number of methoxy groups -OCH3 is 1. The molecule has 2 rings (SSSR count). The summed E-state index contributed by atoms with van der Waals surface area (Å²) < 4.78 is 33.6. The lowest BCUT2D eigenvalue weighted by molar-refractivity contribution is -0.885. The van der Waals surface area contributed by atoms with E-state index in [2.05, 4.69) is 10.1 Å². The van der Waals surface area contributed by atoms with Gasteiger partial charge in [-0.2, -0.15) is 8.78 Å². The fourth-order valence-corrected chi connectivity index (χ4v) is 2.39. The highest BCUT2D eigenvalue weighted by Gasteiger charge is 2.12. The quantitative estimate of drug-likeness (QED) is 0.764. The second kappa shape index (κ2) is 8.98. The number of likely N-dealkylation sites (N-methyl/N-ethyl adjacent to an activating group) is 1. The van der Waals surface area contributed by atoms with Crippen molar-refractivity contribution in [1.82, 2.24) is 0 Å². The van der Waals surface area contributed by atoms with Crippen LogP contribution in [0.2, 0.25) is 0 Å². The Labute approximate surface area is 145 Å². The first-order valence-corrected chi connectivity index (χ1v) is 7.75. The van der Waals surface area contributed by atoms with E-state index in [1.807, 2.05) is 31.3 Å². The molecule has 0 heterocycles. The van der Waals surface area contributed by atoms with Crippen LogP contribution in [0.4, 0.5) is 14.5 Å². The molecule has 7 heteroatoms. The number of benzene rings is 2. The van der Waals surface area contributed by atoms with Crippen LogP contribution in [-0.4, -0.2) is 33.2 Å². The Morgan fingerprint density at radius 2 is 1.88 bits per heavy atom. The number of hydrogen-bond donors (Lipinski definition) is 2. The molecule has 1 atom stereocenters. The van der Waals surface area contributed by atoms with Gasteiger partial charge in [0.15, 0.2) is 6.54 Å². The summed E-state index contributed by atoms with van der Waals surface area (Å²) in [5.74, 6) is 0.664. The zero-order chi connectivity index (χ0) is 18.2. The number of carbonyl (C=O) groups is 1. The SMILES string of the molecule is COc1cccc(C[NH+](C)CC(=O)Nc2ccc(OC(F)F)cc2)c1.